The van der Waals surface area contributed by atoms with Gasteiger partial charge in [-0.15, -0.1) is 0 Å². The number of rotatable bonds is 11. The van der Waals surface area contributed by atoms with Gasteiger partial charge in [0.15, 0.2) is 5.75 Å². The van der Waals surface area contributed by atoms with Crippen LogP contribution in [0.4, 0.5) is 11.4 Å². The Morgan fingerprint density at radius 1 is 0.846 bits per heavy atom. The zero-order chi connectivity index (χ0) is 29.4. The molecular weight excluding hydrogens is 510 g/mol. The van der Waals surface area contributed by atoms with Crippen LogP contribution in [0.25, 0.3) is 0 Å². The van der Waals surface area contributed by atoms with E-state index in [1.54, 1.807) is 37.4 Å². The lowest BCUT2D eigenvalue weighted by Crippen LogP contribution is -2.29. The number of sulfonamides is 1. The number of benzene rings is 3. The van der Waals surface area contributed by atoms with E-state index in [-0.39, 0.29) is 22.1 Å². The molecule has 0 saturated carbocycles. The lowest BCUT2D eigenvalue weighted by molar-refractivity contribution is 0.0993. The molecule has 0 fully saturated rings. The number of nitrogens with two attached hydrogens (primary N) is 1. The molecule has 0 aliphatic rings. The van der Waals surface area contributed by atoms with Gasteiger partial charge in [-0.2, -0.15) is 0 Å². The van der Waals surface area contributed by atoms with E-state index < -0.39 is 10.0 Å². The molecule has 0 spiro atoms. The fourth-order valence-corrected chi connectivity index (χ4v) is 4.50. The third-order valence-electron chi connectivity index (χ3n) is 5.62. The van der Waals surface area contributed by atoms with Crippen molar-refractivity contribution in [1.29, 1.82) is 0 Å². The summed E-state index contributed by atoms with van der Waals surface area (Å²) in [6.07, 6.45) is 2.70. The van der Waals surface area contributed by atoms with Crippen LogP contribution >= 0.6 is 0 Å². The van der Waals surface area contributed by atoms with Crippen LogP contribution in [-0.4, -0.2) is 34.5 Å². The summed E-state index contributed by atoms with van der Waals surface area (Å²) in [7, 11) is -2.56. The number of ether oxygens (including phenoxy) is 1. The summed E-state index contributed by atoms with van der Waals surface area (Å²) < 4.78 is 31.6. The number of primary sulfonamides is 1. The van der Waals surface area contributed by atoms with Gasteiger partial charge >= 0.3 is 0 Å². The maximum Gasteiger partial charge on any atom is 0.258 e. The highest BCUT2D eigenvalue weighted by Crippen LogP contribution is 2.40. The third-order valence-corrected chi connectivity index (χ3v) is 6.53. The van der Waals surface area contributed by atoms with Crippen LogP contribution in [0.3, 0.4) is 0 Å². The Bertz CT molecular complexity index is 1230. The van der Waals surface area contributed by atoms with E-state index in [0.717, 1.165) is 19.3 Å². The highest BCUT2D eigenvalue weighted by molar-refractivity contribution is 7.89. The standard InChI is InChI=1S/C27H33N3O4S.2C2H6/c1-4-6-18-30(17-5-2)24-19-21(27(31)29(3)22-13-9-7-10-14-22)20-25(35(28,32)33)26(24)34-23-15-11-8-12-16-23;2*1-2/h7-16,19-20H,4-6,17-18H2,1-3H3,(H2,28,32,33);2*1-2H3. The molecule has 1 amide bonds. The Morgan fingerprint density at radius 3 is 1.92 bits per heavy atom. The SMILES string of the molecule is CC.CC.CCCCN(CCC)c1cc(C(=O)N(C)c2ccccc2)cc(S(N)(=O)=O)c1Oc1ccccc1. The zero-order valence-corrected chi connectivity index (χ0v) is 25.3. The molecule has 8 heteroatoms. The fourth-order valence-electron chi connectivity index (χ4n) is 3.80. The minimum Gasteiger partial charge on any atom is -0.454 e. The third kappa shape index (κ3) is 9.71. The molecule has 2 N–H and O–H groups in total. The molecule has 0 atom stereocenters. The van der Waals surface area contributed by atoms with Crippen LogP contribution in [0.1, 0.15) is 71.2 Å². The van der Waals surface area contributed by atoms with Crippen molar-refractivity contribution in [2.75, 3.05) is 29.9 Å². The van der Waals surface area contributed by atoms with E-state index in [9.17, 15) is 13.2 Å². The second-order valence-corrected chi connectivity index (χ2v) is 9.85. The Labute approximate surface area is 235 Å². The lowest BCUT2D eigenvalue weighted by Gasteiger charge is -2.28. The maximum absolute atomic E-state index is 13.5. The molecule has 0 heterocycles. The number of hydrogen-bond acceptors (Lipinski definition) is 5. The van der Waals surface area contributed by atoms with Gasteiger partial charge in [0.1, 0.15) is 10.6 Å². The van der Waals surface area contributed by atoms with Crippen molar-refractivity contribution in [1.82, 2.24) is 0 Å². The Kier molecular flexibility index (Phi) is 14.9. The fraction of sp³-hybridized carbons (Fsp3) is 0.387. The number of carbonyl (C=O) groups excluding carboxylic acids is 1. The predicted molar refractivity (Wildman–Crippen MR) is 164 cm³/mol. The van der Waals surface area contributed by atoms with E-state index in [1.807, 2.05) is 64.1 Å². The van der Waals surface area contributed by atoms with E-state index >= 15 is 0 Å². The van der Waals surface area contributed by atoms with Crippen LogP contribution in [0.5, 0.6) is 11.5 Å². The largest absolute Gasteiger partial charge is 0.454 e. The summed E-state index contributed by atoms with van der Waals surface area (Å²) in [5.41, 5.74) is 1.44. The van der Waals surface area contributed by atoms with Crippen LogP contribution in [0.2, 0.25) is 0 Å². The summed E-state index contributed by atoms with van der Waals surface area (Å²) in [5, 5.41) is 5.66. The second kappa shape index (κ2) is 17.3. The van der Waals surface area contributed by atoms with Crippen molar-refractivity contribution < 1.29 is 17.9 Å². The monoisotopic (exact) mass is 555 g/mol. The molecule has 0 saturated heterocycles. The van der Waals surface area contributed by atoms with Gasteiger partial charge in [0.05, 0.1) is 5.69 Å². The molecule has 0 bridgehead atoms. The van der Waals surface area contributed by atoms with Gasteiger partial charge < -0.3 is 14.5 Å². The van der Waals surface area contributed by atoms with Gasteiger partial charge in [-0.3, -0.25) is 4.79 Å². The van der Waals surface area contributed by atoms with Crippen molar-refractivity contribution in [2.45, 2.75) is 65.7 Å². The summed E-state index contributed by atoms with van der Waals surface area (Å²) in [6, 6.07) is 21.1. The molecule has 3 aromatic carbocycles. The van der Waals surface area contributed by atoms with Crippen LogP contribution in [0.15, 0.2) is 77.7 Å². The molecule has 214 valence electrons. The zero-order valence-electron chi connectivity index (χ0n) is 24.5. The van der Waals surface area contributed by atoms with Crippen molar-refractivity contribution >= 4 is 27.3 Å². The maximum atomic E-state index is 13.5. The minimum absolute atomic E-state index is 0.127. The molecule has 0 aromatic heterocycles. The van der Waals surface area contributed by atoms with Crippen molar-refractivity contribution in [3.05, 3.63) is 78.4 Å². The van der Waals surface area contributed by atoms with Crippen molar-refractivity contribution in [3.63, 3.8) is 0 Å². The lowest BCUT2D eigenvalue weighted by atomic mass is 10.1. The molecule has 0 unspecified atom stereocenters. The molecule has 7 nitrogen and oxygen atoms in total. The first kappa shape index (κ1) is 33.7. The highest BCUT2D eigenvalue weighted by Gasteiger charge is 2.27. The number of amides is 1. The average Bonchev–Trinajstić information content (AvgIpc) is 2.97. The Hall–Kier alpha value is -3.36. The summed E-state index contributed by atoms with van der Waals surface area (Å²) in [4.78, 5) is 16.8. The number of unbranched alkanes of at least 4 members (excludes halogenated alkanes) is 1. The molecule has 39 heavy (non-hydrogen) atoms. The number of carbonyl (C=O) groups is 1. The van der Waals surface area contributed by atoms with Crippen LogP contribution in [-0.2, 0) is 10.0 Å². The molecule has 3 aromatic rings. The molecule has 0 aliphatic carbocycles. The first-order chi connectivity index (χ1) is 18.8. The van der Waals surface area contributed by atoms with Crippen molar-refractivity contribution in [2.24, 2.45) is 5.14 Å². The smallest absolute Gasteiger partial charge is 0.258 e. The van der Waals surface area contributed by atoms with Gasteiger partial charge in [-0.1, -0.05) is 84.4 Å². The van der Waals surface area contributed by atoms with Gasteiger partial charge in [-0.05, 0) is 49.2 Å². The van der Waals surface area contributed by atoms with E-state index in [4.69, 9.17) is 9.88 Å². The number of anilines is 2. The number of hydrogen-bond donors (Lipinski definition) is 1. The summed E-state index contributed by atoms with van der Waals surface area (Å²) >= 11 is 0. The minimum atomic E-state index is -4.21. The van der Waals surface area contributed by atoms with E-state index in [1.165, 1.54) is 11.0 Å². The first-order valence-corrected chi connectivity index (χ1v) is 15.3. The summed E-state index contributed by atoms with van der Waals surface area (Å²) in [5.74, 6) is 0.258. The topological polar surface area (TPSA) is 92.9 Å². The van der Waals surface area contributed by atoms with E-state index in [0.29, 0.717) is 30.2 Å². The molecular formula is C31H45N3O4S. The summed E-state index contributed by atoms with van der Waals surface area (Å²) in [6.45, 7) is 13.5. The normalized spacial score (nSPS) is 10.4. The van der Waals surface area contributed by atoms with Gasteiger partial charge in [-0.25, -0.2) is 13.6 Å². The number of nitrogens with zero attached hydrogens (tertiary/aromatic N) is 2. The van der Waals surface area contributed by atoms with Gasteiger partial charge in [0.2, 0.25) is 10.0 Å². The highest BCUT2D eigenvalue weighted by atomic mass is 32.2. The quantitative estimate of drug-likeness (QED) is 0.265. The van der Waals surface area contributed by atoms with Crippen LogP contribution < -0.4 is 19.7 Å². The van der Waals surface area contributed by atoms with E-state index in [2.05, 4.69) is 18.7 Å². The predicted octanol–water partition coefficient (Wildman–Crippen LogP) is 7.47. The number of para-hydroxylation sites is 2. The van der Waals surface area contributed by atoms with Gasteiger partial charge in [0.25, 0.3) is 5.91 Å². The van der Waals surface area contributed by atoms with Crippen molar-refractivity contribution in [3.8, 4) is 11.5 Å². The van der Waals surface area contributed by atoms with Gasteiger partial charge in [0, 0.05) is 31.4 Å². The average molecular weight is 556 g/mol. The Morgan fingerprint density at radius 2 is 1.41 bits per heavy atom. The Balaban J connectivity index is 0.00000181. The first-order valence-electron chi connectivity index (χ1n) is 13.8. The second-order valence-electron chi connectivity index (χ2n) is 8.32. The van der Waals surface area contributed by atoms with Crippen LogP contribution in [0, 0.1) is 0 Å². The molecule has 0 aliphatic heterocycles. The molecule has 0 radical (unpaired) electrons. The molecule has 3 rings (SSSR count).